The molecule has 124 valence electrons. The Hall–Kier alpha value is -1.16. The van der Waals surface area contributed by atoms with Crippen molar-refractivity contribution >= 4 is 15.5 Å². The minimum absolute atomic E-state index is 0.0526. The number of nitrogens with one attached hydrogen (secondary N) is 1. The summed E-state index contributed by atoms with van der Waals surface area (Å²) in [7, 11) is -3.42. The quantitative estimate of drug-likeness (QED) is 0.570. The van der Waals surface area contributed by atoms with Gasteiger partial charge in [-0.15, -0.1) is 0 Å². The Morgan fingerprint density at radius 2 is 2.00 bits per heavy atom. The molecular weight excluding hydrogens is 294 g/mol. The van der Waals surface area contributed by atoms with Crippen molar-refractivity contribution in [2.45, 2.75) is 52.9 Å². The van der Waals surface area contributed by atoms with E-state index in [4.69, 9.17) is 5.41 Å². The van der Waals surface area contributed by atoms with Gasteiger partial charge in [-0.3, -0.25) is 5.41 Å². The molecule has 3 nitrogen and oxygen atoms in total. The summed E-state index contributed by atoms with van der Waals surface area (Å²) in [5.41, 5.74) is 2.25. The first-order valence-corrected chi connectivity index (χ1v) is 9.94. The second-order valence-electron chi connectivity index (χ2n) is 6.40. The van der Waals surface area contributed by atoms with E-state index in [1.54, 1.807) is 0 Å². The Morgan fingerprint density at radius 1 is 1.36 bits per heavy atom. The van der Waals surface area contributed by atoms with Gasteiger partial charge in [-0.2, -0.15) is 0 Å². The molecule has 0 spiro atoms. The van der Waals surface area contributed by atoms with Gasteiger partial charge in [-0.1, -0.05) is 45.1 Å². The molecule has 0 aliphatic heterocycles. The van der Waals surface area contributed by atoms with Gasteiger partial charge in [0.05, 0.1) is 10.6 Å². The molecule has 22 heavy (non-hydrogen) atoms. The predicted molar refractivity (Wildman–Crippen MR) is 95.0 cm³/mol. The maximum atomic E-state index is 11.8. The van der Waals surface area contributed by atoms with Crippen LogP contribution in [0.4, 0.5) is 0 Å². The SMILES string of the molecule is C=C(C(=N)C1=C(C(CC)C(C)C)CC=CCCC1)S(C)(=O)=O. The summed E-state index contributed by atoms with van der Waals surface area (Å²) in [6.45, 7) is 10.2. The van der Waals surface area contributed by atoms with E-state index >= 15 is 0 Å². The molecule has 0 aromatic carbocycles. The van der Waals surface area contributed by atoms with Gasteiger partial charge in [-0.05, 0) is 49.5 Å². The van der Waals surface area contributed by atoms with E-state index in [2.05, 4.69) is 39.5 Å². The van der Waals surface area contributed by atoms with Crippen molar-refractivity contribution in [2.75, 3.05) is 6.26 Å². The molecule has 0 fully saturated rings. The lowest BCUT2D eigenvalue weighted by molar-refractivity contribution is 0.421. The van der Waals surface area contributed by atoms with Gasteiger partial charge in [-0.25, -0.2) is 8.42 Å². The van der Waals surface area contributed by atoms with Gasteiger partial charge >= 0.3 is 0 Å². The Balaban J connectivity index is 3.37. The fourth-order valence-electron chi connectivity index (χ4n) is 3.14. The molecule has 1 unspecified atom stereocenters. The standard InChI is InChI=1S/C18H29NO2S/c1-6-15(13(2)3)16-11-9-7-8-10-12-17(16)18(19)14(4)22(5,20)21/h7,9,13,15,19H,4,6,8,10-12H2,1-3,5H3. The van der Waals surface area contributed by atoms with Crippen LogP contribution in [0.5, 0.6) is 0 Å². The Kier molecular flexibility index (Phi) is 6.79. The number of rotatable bonds is 6. The summed E-state index contributed by atoms with van der Waals surface area (Å²) >= 11 is 0. The fourth-order valence-corrected chi connectivity index (χ4v) is 3.64. The lowest BCUT2D eigenvalue weighted by Crippen LogP contribution is -2.20. The highest BCUT2D eigenvalue weighted by Crippen LogP contribution is 2.34. The molecule has 4 heteroatoms. The van der Waals surface area contributed by atoms with Crippen LogP contribution in [0.3, 0.4) is 0 Å². The van der Waals surface area contributed by atoms with Crippen LogP contribution in [0.15, 0.2) is 34.8 Å². The van der Waals surface area contributed by atoms with Gasteiger partial charge < -0.3 is 0 Å². The van der Waals surface area contributed by atoms with Crippen molar-refractivity contribution in [3.8, 4) is 0 Å². The van der Waals surface area contributed by atoms with Gasteiger partial charge in [0.1, 0.15) is 0 Å². The van der Waals surface area contributed by atoms with Crippen LogP contribution < -0.4 is 0 Å². The first kappa shape index (κ1) is 18.9. The number of hydrogen-bond donors (Lipinski definition) is 1. The maximum absolute atomic E-state index is 11.8. The van der Waals surface area contributed by atoms with Crippen molar-refractivity contribution in [2.24, 2.45) is 11.8 Å². The largest absolute Gasteiger partial charge is 0.299 e. The smallest absolute Gasteiger partial charge is 0.177 e. The Morgan fingerprint density at radius 3 is 2.50 bits per heavy atom. The first-order chi connectivity index (χ1) is 10.2. The molecule has 0 amide bonds. The summed E-state index contributed by atoms with van der Waals surface area (Å²) in [4.78, 5) is -0.0526. The summed E-state index contributed by atoms with van der Waals surface area (Å²) in [5, 5.41) is 8.39. The summed E-state index contributed by atoms with van der Waals surface area (Å²) < 4.78 is 23.5. The highest BCUT2D eigenvalue weighted by Gasteiger charge is 2.25. The average Bonchev–Trinajstić information content (AvgIpc) is 2.39. The molecule has 0 saturated carbocycles. The molecule has 1 aliphatic carbocycles. The van der Waals surface area contributed by atoms with Crippen LogP contribution in [0, 0.1) is 17.2 Å². The lowest BCUT2D eigenvalue weighted by atomic mass is 9.79. The lowest BCUT2D eigenvalue weighted by Gasteiger charge is -2.27. The predicted octanol–water partition coefficient (Wildman–Crippen LogP) is 4.67. The third kappa shape index (κ3) is 4.67. The minimum atomic E-state index is -3.42. The molecule has 0 heterocycles. The number of hydrogen-bond acceptors (Lipinski definition) is 3. The molecule has 1 atom stereocenters. The average molecular weight is 324 g/mol. The van der Waals surface area contributed by atoms with Crippen molar-refractivity contribution in [1.29, 1.82) is 5.41 Å². The van der Waals surface area contributed by atoms with Gasteiger partial charge in [0, 0.05) is 6.26 Å². The Labute approximate surface area is 135 Å². The van der Waals surface area contributed by atoms with Crippen molar-refractivity contribution in [3.05, 3.63) is 34.8 Å². The van der Waals surface area contributed by atoms with Crippen molar-refractivity contribution < 1.29 is 8.42 Å². The summed E-state index contributed by atoms with van der Waals surface area (Å²) in [6, 6.07) is 0. The zero-order valence-corrected chi connectivity index (χ0v) is 15.1. The molecule has 0 aromatic heterocycles. The molecule has 0 aromatic rings. The molecule has 0 radical (unpaired) electrons. The van der Waals surface area contributed by atoms with E-state index in [1.807, 2.05) is 0 Å². The van der Waals surface area contributed by atoms with E-state index in [0.717, 1.165) is 43.9 Å². The monoisotopic (exact) mass is 323 g/mol. The molecular formula is C18H29NO2S. The second kappa shape index (κ2) is 7.91. The van der Waals surface area contributed by atoms with Crippen molar-refractivity contribution in [1.82, 2.24) is 0 Å². The van der Waals surface area contributed by atoms with Crippen molar-refractivity contribution in [3.63, 3.8) is 0 Å². The van der Waals surface area contributed by atoms with E-state index in [-0.39, 0.29) is 10.6 Å². The minimum Gasteiger partial charge on any atom is -0.299 e. The molecule has 0 bridgehead atoms. The highest BCUT2D eigenvalue weighted by atomic mass is 32.2. The van der Waals surface area contributed by atoms with Crippen LogP contribution in [0.25, 0.3) is 0 Å². The topological polar surface area (TPSA) is 58.0 Å². The zero-order chi connectivity index (χ0) is 16.9. The van der Waals surface area contributed by atoms with Crippen LogP contribution in [-0.4, -0.2) is 20.4 Å². The van der Waals surface area contributed by atoms with Crippen LogP contribution in [0.1, 0.15) is 52.9 Å². The van der Waals surface area contributed by atoms with Crippen LogP contribution in [0.2, 0.25) is 0 Å². The third-order valence-electron chi connectivity index (χ3n) is 4.41. The normalized spacial score (nSPS) is 18.0. The third-order valence-corrected chi connectivity index (χ3v) is 5.51. The molecule has 0 saturated heterocycles. The summed E-state index contributed by atoms with van der Waals surface area (Å²) in [5.74, 6) is 0.854. The van der Waals surface area contributed by atoms with Gasteiger partial charge in [0.25, 0.3) is 0 Å². The maximum Gasteiger partial charge on any atom is 0.177 e. The van der Waals surface area contributed by atoms with E-state index in [9.17, 15) is 8.42 Å². The van der Waals surface area contributed by atoms with Crippen LogP contribution in [-0.2, 0) is 9.84 Å². The second-order valence-corrected chi connectivity index (χ2v) is 8.44. The number of sulfone groups is 1. The molecule has 1 rings (SSSR count). The van der Waals surface area contributed by atoms with Crippen LogP contribution >= 0.6 is 0 Å². The highest BCUT2D eigenvalue weighted by molar-refractivity contribution is 7.95. The van der Waals surface area contributed by atoms with E-state index < -0.39 is 9.84 Å². The van der Waals surface area contributed by atoms with Gasteiger partial charge in [0.2, 0.25) is 0 Å². The Bertz CT molecular complexity index is 595. The molecule has 1 aliphatic rings. The fraction of sp³-hybridized carbons (Fsp3) is 0.611. The first-order valence-electron chi connectivity index (χ1n) is 8.05. The molecule has 1 N–H and O–H groups in total. The number of allylic oxidation sites excluding steroid dienone is 5. The van der Waals surface area contributed by atoms with Gasteiger partial charge in [0.15, 0.2) is 9.84 Å². The van der Waals surface area contributed by atoms with E-state index in [0.29, 0.717) is 11.8 Å². The van der Waals surface area contributed by atoms with E-state index in [1.165, 1.54) is 5.57 Å². The summed E-state index contributed by atoms with van der Waals surface area (Å²) in [6.07, 6.45) is 9.99. The zero-order valence-electron chi connectivity index (χ0n) is 14.3.